The smallest absolute Gasteiger partial charge is 0.422 e. The SMILES string of the molecule is Cc1nnc(C2CC(c3ccccc3)=C(C(F)(F)F)S2)o1. The van der Waals surface area contributed by atoms with Crippen LogP contribution < -0.4 is 0 Å². The van der Waals surface area contributed by atoms with Gasteiger partial charge in [-0.2, -0.15) is 13.2 Å². The number of benzene rings is 1. The molecule has 0 saturated heterocycles. The normalized spacial score (nSPS) is 19.3. The molecule has 0 N–H and O–H groups in total. The summed E-state index contributed by atoms with van der Waals surface area (Å²) in [5, 5.41) is 7.04. The second-order valence-electron chi connectivity index (χ2n) is 4.64. The number of alkyl halides is 3. The van der Waals surface area contributed by atoms with Crippen molar-refractivity contribution >= 4 is 17.3 Å². The summed E-state index contributed by atoms with van der Waals surface area (Å²) in [6.45, 7) is 1.62. The molecule has 0 fully saturated rings. The molecule has 3 rings (SSSR count). The first-order valence-electron chi connectivity index (χ1n) is 6.27. The molecule has 1 aromatic carbocycles. The Morgan fingerprint density at radius 3 is 2.48 bits per heavy atom. The van der Waals surface area contributed by atoms with Gasteiger partial charge in [-0.05, 0) is 17.6 Å². The molecular formula is C14H11F3N2OS. The Hall–Kier alpha value is -1.76. The standard InChI is InChI=1S/C14H11F3N2OS/c1-8-18-19-13(20-8)11-7-10(9-5-3-2-4-6-9)12(21-11)14(15,16)17/h2-6,11H,7H2,1H3. The van der Waals surface area contributed by atoms with Gasteiger partial charge in [-0.3, -0.25) is 0 Å². The van der Waals surface area contributed by atoms with Gasteiger partial charge in [-0.15, -0.1) is 22.0 Å². The van der Waals surface area contributed by atoms with E-state index in [1.807, 2.05) is 0 Å². The van der Waals surface area contributed by atoms with Gasteiger partial charge in [-0.25, -0.2) is 0 Å². The van der Waals surface area contributed by atoms with Gasteiger partial charge in [0.05, 0.1) is 10.2 Å². The van der Waals surface area contributed by atoms with E-state index in [9.17, 15) is 13.2 Å². The Bertz CT molecular complexity index is 679. The summed E-state index contributed by atoms with van der Waals surface area (Å²) in [6, 6.07) is 8.60. The molecule has 7 heteroatoms. The summed E-state index contributed by atoms with van der Waals surface area (Å²) in [5.41, 5.74) is 0.866. The highest BCUT2D eigenvalue weighted by atomic mass is 32.2. The van der Waals surface area contributed by atoms with Crippen molar-refractivity contribution in [3.05, 3.63) is 52.6 Å². The third kappa shape index (κ3) is 2.83. The van der Waals surface area contributed by atoms with Crippen LogP contribution in [0.25, 0.3) is 5.57 Å². The van der Waals surface area contributed by atoms with Crippen LogP contribution in [0, 0.1) is 6.92 Å². The van der Waals surface area contributed by atoms with E-state index in [1.54, 1.807) is 37.3 Å². The minimum Gasteiger partial charge on any atom is -0.424 e. The average molecular weight is 312 g/mol. The van der Waals surface area contributed by atoms with Gasteiger partial charge in [0.25, 0.3) is 0 Å². The molecule has 1 atom stereocenters. The largest absolute Gasteiger partial charge is 0.424 e. The molecule has 21 heavy (non-hydrogen) atoms. The van der Waals surface area contributed by atoms with Crippen molar-refractivity contribution < 1.29 is 17.6 Å². The van der Waals surface area contributed by atoms with Crippen LogP contribution in [0.5, 0.6) is 0 Å². The second-order valence-corrected chi connectivity index (χ2v) is 5.85. The van der Waals surface area contributed by atoms with Crippen molar-refractivity contribution in [3.8, 4) is 0 Å². The number of nitrogens with zero attached hydrogens (tertiary/aromatic N) is 2. The van der Waals surface area contributed by atoms with E-state index < -0.39 is 16.3 Å². The minimum atomic E-state index is -4.38. The highest BCUT2D eigenvalue weighted by molar-refractivity contribution is 8.03. The van der Waals surface area contributed by atoms with Gasteiger partial charge in [-0.1, -0.05) is 30.3 Å². The second kappa shape index (κ2) is 5.22. The van der Waals surface area contributed by atoms with Crippen LogP contribution in [0.15, 0.2) is 39.7 Å². The number of hydrogen-bond acceptors (Lipinski definition) is 4. The molecule has 1 aromatic heterocycles. The number of thioether (sulfide) groups is 1. The maximum absolute atomic E-state index is 13.2. The first-order chi connectivity index (χ1) is 9.95. The third-order valence-electron chi connectivity index (χ3n) is 3.12. The van der Waals surface area contributed by atoms with Crippen LogP contribution in [0.3, 0.4) is 0 Å². The van der Waals surface area contributed by atoms with Crippen molar-refractivity contribution in [3.63, 3.8) is 0 Å². The molecule has 1 aliphatic heterocycles. The fraction of sp³-hybridized carbons (Fsp3) is 0.286. The van der Waals surface area contributed by atoms with Crippen molar-refractivity contribution in [1.82, 2.24) is 10.2 Å². The Labute approximate surface area is 123 Å². The molecule has 110 valence electrons. The number of hydrogen-bond donors (Lipinski definition) is 0. The van der Waals surface area contributed by atoms with Crippen molar-refractivity contribution in [1.29, 1.82) is 0 Å². The summed E-state index contributed by atoms with van der Waals surface area (Å²) in [7, 11) is 0. The van der Waals surface area contributed by atoms with Crippen LogP contribution in [0.2, 0.25) is 0 Å². The summed E-state index contributed by atoms with van der Waals surface area (Å²) >= 11 is 0.745. The quantitative estimate of drug-likeness (QED) is 0.816. The lowest BCUT2D eigenvalue weighted by atomic mass is 10.0. The van der Waals surface area contributed by atoms with E-state index in [1.165, 1.54) is 0 Å². The average Bonchev–Trinajstić information content (AvgIpc) is 3.05. The van der Waals surface area contributed by atoms with Crippen molar-refractivity contribution in [2.45, 2.75) is 24.8 Å². The molecule has 0 radical (unpaired) electrons. The molecule has 2 aromatic rings. The molecule has 0 saturated carbocycles. The van der Waals surface area contributed by atoms with E-state index >= 15 is 0 Å². The van der Waals surface area contributed by atoms with Gasteiger partial charge < -0.3 is 4.42 Å². The van der Waals surface area contributed by atoms with Crippen LogP contribution in [0.1, 0.15) is 29.0 Å². The number of aromatic nitrogens is 2. The van der Waals surface area contributed by atoms with Crippen LogP contribution in [-0.2, 0) is 0 Å². The molecule has 0 amide bonds. The molecular weight excluding hydrogens is 301 g/mol. The van der Waals surface area contributed by atoms with Gasteiger partial charge in [0.15, 0.2) is 0 Å². The zero-order chi connectivity index (χ0) is 15.0. The minimum absolute atomic E-state index is 0.227. The van der Waals surface area contributed by atoms with Gasteiger partial charge >= 0.3 is 6.18 Å². The first kappa shape index (κ1) is 14.2. The summed E-state index contributed by atoms with van der Waals surface area (Å²) < 4.78 is 45.0. The fourth-order valence-electron chi connectivity index (χ4n) is 2.24. The fourth-order valence-corrected chi connectivity index (χ4v) is 3.45. The number of rotatable bonds is 2. The number of halogens is 3. The number of aryl methyl sites for hydroxylation is 1. The lowest BCUT2D eigenvalue weighted by molar-refractivity contribution is -0.0829. The molecule has 0 aliphatic carbocycles. The maximum atomic E-state index is 13.2. The highest BCUT2D eigenvalue weighted by Crippen LogP contribution is 2.55. The first-order valence-corrected chi connectivity index (χ1v) is 7.15. The van der Waals surface area contributed by atoms with Gasteiger partial charge in [0.1, 0.15) is 0 Å². The molecule has 1 aliphatic rings. The van der Waals surface area contributed by atoms with E-state index in [0.717, 1.165) is 11.8 Å². The molecule has 2 heterocycles. The predicted octanol–water partition coefficient (Wildman–Crippen LogP) is 4.53. The summed E-state index contributed by atoms with van der Waals surface area (Å²) in [4.78, 5) is -0.574. The van der Waals surface area contributed by atoms with Crippen LogP contribution >= 0.6 is 11.8 Å². The maximum Gasteiger partial charge on any atom is 0.422 e. The van der Waals surface area contributed by atoms with Crippen molar-refractivity contribution in [2.75, 3.05) is 0 Å². The zero-order valence-corrected chi connectivity index (χ0v) is 11.8. The molecule has 3 nitrogen and oxygen atoms in total. The lowest BCUT2D eigenvalue weighted by Gasteiger charge is -2.10. The zero-order valence-electron chi connectivity index (χ0n) is 11.0. The van der Waals surface area contributed by atoms with Crippen LogP contribution in [-0.4, -0.2) is 16.4 Å². The van der Waals surface area contributed by atoms with E-state index in [2.05, 4.69) is 10.2 Å². The summed E-state index contributed by atoms with van der Waals surface area (Å²) in [6.07, 6.45) is -4.15. The molecule has 1 unspecified atom stereocenters. The Balaban J connectivity index is 1.97. The van der Waals surface area contributed by atoms with Crippen molar-refractivity contribution in [2.24, 2.45) is 0 Å². The van der Waals surface area contributed by atoms with E-state index in [-0.39, 0.29) is 17.9 Å². The lowest BCUT2D eigenvalue weighted by Crippen LogP contribution is -2.09. The third-order valence-corrected chi connectivity index (χ3v) is 4.49. The topological polar surface area (TPSA) is 38.9 Å². The monoisotopic (exact) mass is 312 g/mol. The van der Waals surface area contributed by atoms with E-state index in [4.69, 9.17) is 4.42 Å². The number of allylic oxidation sites excluding steroid dienone is 2. The molecule has 0 spiro atoms. The Morgan fingerprint density at radius 2 is 1.90 bits per heavy atom. The molecule has 0 bridgehead atoms. The van der Waals surface area contributed by atoms with Gasteiger partial charge in [0.2, 0.25) is 11.8 Å². The van der Waals surface area contributed by atoms with Crippen LogP contribution in [0.4, 0.5) is 13.2 Å². The predicted molar refractivity (Wildman–Crippen MR) is 73.4 cm³/mol. The van der Waals surface area contributed by atoms with E-state index in [0.29, 0.717) is 11.5 Å². The Kier molecular flexibility index (Phi) is 3.52. The highest BCUT2D eigenvalue weighted by Gasteiger charge is 2.44. The Morgan fingerprint density at radius 1 is 1.19 bits per heavy atom. The summed E-state index contributed by atoms with van der Waals surface area (Å²) in [5.74, 6) is 0.595. The van der Waals surface area contributed by atoms with Gasteiger partial charge in [0, 0.05) is 6.92 Å².